The minimum absolute atomic E-state index is 0. The first kappa shape index (κ1) is 27.1. The van der Waals surface area contributed by atoms with Crippen LogP contribution in [-0.2, 0) is 24.9 Å². The van der Waals surface area contributed by atoms with E-state index < -0.39 is 0 Å². The molecule has 0 aliphatic heterocycles. The predicted molar refractivity (Wildman–Crippen MR) is 156 cm³/mol. The molecule has 0 saturated heterocycles. The van der Waals surface area contributed by atoms with Crippen molar-refractivity contribution >= 4 is 49.7 Å². The SMILES string of the molecule is CC(=O)/C=C(/C)O.[Ir].[c-]1ccccc1-c1cc(-c2cc3c4ccccc4oc3c3c2oc2ccccc23)ccn1. The Kier molecular flexibility index (Phi) is 7.65. The van der Waals surface area contributed by atoms with Gasteiger partial charge in [-0.3, -0.25) is 4.79 Å². The minimum Gasteiger partial charge on any atom is -0.512 e. The Bertz CT molecular complexity index is 2010. The largest absolute Gasteiger partial charge is 0.512 e. The zero-order valence-electron chi connectivity index (χ0n) is 21.8. The minimum atomic E-state index is -0.125. The van der Waals surface area contributed by atoms with Gasteiger partial charge in [0.15, 0.2) is 5.78 Å². The molecule has 0 fully saturated rings. The molecule has 1 N–H and O–H groups in total. The third-order valence-electron chi connectivity index (χ3n) is 6.46. The van der Waals surface area contributed by atoms with Crippen LogP contribution in [-0.4, -0.2) is 15.9 Å². The fourth-order valence-electron chi connectivity index (χ4n) is 4.87. The second-order valence-electron chi connectivity index (χ2n) is 9.30. The van der Waals surface area contributed by atoms with Crippen molar-refractivity contribution in [1.82, 2.24) is 4.98 Å². The number of carbonyl (C=O) groups excluding carboxylic acids is 1. The molecular formula is C34H24IrNO4-. The molecule has 40 heavy (non-hydrogen) atoms. The summed E-state index contributed by atoms with van der Waals surface area (Å²) in [5, 5.41) is 12.6. The van der Waals surface area contributed by atoms with Gasteiger partial charge in [0.2, 0.25) is 0 Å². The van der Waals surface area contributed by atoms with Crippen molar-refractivity contribution < 1.29 is 38.8 Å². The van der Waals surface area contributed by atoms with Crippen LogP contribution >= 0.6 is 0 Å². The summed E-state index contributed by atoms with van der Waals surface area (Å²) in [4.78, 5) is 14.6. The van der Waals surface area contributed by atoms with E-state index in [-0.39, 0.29) is 31.6 Å². The van der Waals surface area contributed by atoms with E-state index in [0.29, 0.717) is 0 Å². The van der Waals surface area contributed by atoms with E-state index in [1.165, 1.54) is 19.9 Å². The Balaban J connectivity index is 0.000000362. The number of para-hydroxylation sites is 2. The average molecular weight is 703 g/mol. The van der Waals surface area contributed by atoms with E-state index in [1.54, 1.807) is 0 Å². The Hall–Kier alpha value is -4.51. The summed E-state index contributed by atoms with van der Waals surface area (Å²) in [7, 11) is 0. The first-order valence-electron chi connectivity index (χ1n) is 12.6. The van der Waals surface area contributed by atoms with Gasteiger partial charge >= 0.3 is 0 Å². The molecule has 7 aromatic rings. The third kappa shape index (κ3) is 5.07. The molecule has 1 radical (unpaired) electrons. The summed E-state index contributed by atoms with van der Waals surface area (Å²) >= 11 is 0. The van der Waals surface area contributed by atoms with Crippen molar-refractivity contribution in [2.45, 2.75) is 13.8 Å². The molecule has 3 aromatic heterocycles. The second kappa shape index (κ2) is 11.3. The number of furan rings is 2. The Morgan fingerprint density at radius 2 is 1.50 bits per heavy atom. The molecule has 0 saturated carbocycles. The summed E-state index contributed by atoms with van der Waals surface area (Å²) in [5.74, 6) is -0.0625. The van der Waals surface area contributed by atoms with Crippen LogP contribution in [0.2, 0.25) is 0 Å². The van der Waals surface area contributed by atoms with Gasteiger partial charge in [0, 0.05) is 54.1 Å². The number of ketones is 1. The molecule has 0 spiro atoms. The van der Waals surface area contributed by atoms with Crippen molar-refractivity contribution in [3.05, 3.63) is 115 Å². The van der Waals surface area contributed by atoms with E-state index in [0.717, 1.165) is 66.3 Å². The standard InChI is InChI=1S/C29H16NO2.C5H8O2.Ir/c1-2-8-18(9-3-1)24-16-19(14-15-30-24)22-17-23-20-10-4-6-12-25(20)31-29(23)27-21-11-5-7-13-26(21)32-28(22)27;1-4(6)3-5(2)7;/h1-8,10-17H;3,6H,1-2H3;/q-1;;/b;4-3-;. The number of carbonyl (C=O) groups is 1. The number of nitrogens with zero attached hydrogens (tertiary/aromatic N) is 1. The summed E-state index contributed by atoms with van der Waals surface area (Å²) in [5.41, 5.74) is 7.32. The molecule has 0 unspecified atom stereocenters. The van der Waals surface area contributed by atoms with Gasteiger partial charge in [-0.25, -0.2) is 0 Å². The maximum atomic E-state index is 10.0. The van der Waals surface area contributed by atoms with E-state index in [2.05, 4.69) is 35.3 Å². The molecule has 0 aliphatic carbocycles. The molecule has 0 atom stereocenters. The number of benzene rings is 4. The van der Waals surface area contributed by atoms with Crippen molar-refractivity contribution in [1.29, 1.82) is 0 Å². The summed E-state index contributed by atoms with van der Waals surface area (Å²) < 4.78 is 12.7. The third-order valence-corrected chi connectivity index (χ3v) is 6.46. The zero-order valence-corrected chi connectivity index (χ0v) is 24.2. The van der Waals surface area contributed by atoms with E-state index in [4.69, 9.17) is 13.9 Å². The first-order valence-corrected chi connectivity index (χ1v) is 12.6. The molecule has 199 valence electrons. The van der Waals surface area contributed by atoms with Crippen molar-refractivity contribution in [2.24, 2.45) is 0 Å². The number of rotatable bonds is 3. The maximum absolute atomic E-state index is 10.0. The van der Waals surface area contributed by atoms with Crippen LogP contribution in [0.25, 0.3) is 66.3 Å². The van der Waals surface area contributed by atoms with Crippen LogP contribution in [0.3, 0.4) is 0 Å². The van der Waals surface area contributed by atoms with Crippen LogP contribution in [0, 0.1) is 6.07 Å². The number of fused-ring (bicyclic) bond motifs is 7. The smallest absolute Gasteiger partial charge is 0.155 e. The van der Waals surface area contributed by atoms with Crippen LogP contribution in [0.5, 0.6) is 0 Å². The number of pyridine rings is 1. The molecule has 6 heteroatoms. The van der Waals surface area contributed by atoms with Gasteiger partial charge in [-0.1, -0.05) is 42.5 Å². The maximum Gasteiger partial charge on any atom is 0.155 e. The van der Waals surface area contributed by atoms with E-state index in [1.807, 2.05) is 72.9 Å². The number of aromatic nitrogens is 1. The molecular weight excluding hydrogens is 679 g/mol. The van der Waals surface area contributed by atoms with Gasteiger partial charge < -0.3 is 18.9 Å². The fraction of sp³-hybridized carbons (Fsp3) is 0.0588. The van der Waals surface area contributed by atoms with Crippen molar-refractivity contribution in [3.63, 3.8) is 0 Å². The topological polar surface area (TPSA) is 76.5 Å². The molecule has 4 aromatic carbocycles. The predicted octanol–water partition coefficient (Wildman–Crippen LogP) is 9.05. The molecule has 3 heterocycles. The van der Waals surface area contributed by atoms with Gasteiger partial charge in [-0.2, -0.15) is 0 Å². The van der Waals surface area contributed by atoms with Gasteiger partial charge in [0.25, 0.3) is 0 Å². The van der Waals surface area contributed by atoms with Gasteiger partial charge in [0.1, 0.15) is 22.3 Å². The number of aliphatic hydroxyl groups excluding tert-OH is 1. The Morgan fingerprint density at radius 3 is 2.17 bits per heavy atom. The normalized spacial score (nSPS) is 11.4. The molecule has 0 bridgehead atoms. The van der Waals surface area contributed by atoms with E-state index in [9.17, 15) is 4.79 Å². The number of hydrogen-bond donors (Lipinski definition) is 1. The van der Waals surface area contributed by atoms with Crippen molar-refractivity contribution in [3.8, 4) is 22.4 Å². The van der Waals surface area contributed by atoms with Crippen LogP contribution < -0.4 is 0 Å². The average Bonchev–Trinajstić information content (AvgIpc) is 3.51. The monoisotopic (exact) mass is 703 g/mol. The summed E-state index contributed by atoms with van der Waals surface area (Å²) in [6, 6.07) is 33.8. The number of hydrogen-bond acceptors (Lipinski definition) is 5. The van der Waals surface area contributed by atoms with Gasteiger partial charge in [-0.15, -0.1) is 35.9 Å². The first-order chi connectivity index (χ1) is 19.0. The molecule has 7 rings (SSSR count). The molecule has 5 nitrogen and oxygen atoms in total. The quantitative estimate of drug-likeness (QED) is 0.113. The van der Waals surface area contributed by atoms with Crippen molar-refractivity contribution in [2.75, 3.05) is 0 Å². The molecule has 0 aliphatic rings. The Morgan fingerprint density at radius 1 is 0.825 bits per heavy atom. The van der Waals surface area contributed by atoms with Gasteiger partial charge in [-0.05, 0) is 49.4 Å². The summed E-state index contributed by atoms with van der Waals surface area (Å²) in [6.45, 7) is 2.85. The van der Waals surface area contributed by atoms with Crippen LogP contribution in [0.4, 0.5) is 0 Å². The molecule has 0 amide bonds. The van der Waals surface area contributed by atoms with Crippen LogP contribution in [0.1, 0.15) is 13.8 Å². The van der Waals surface area contributed by atoms with Gasteiger partial charge in [0.05, 0.1) is 11.1 Å². The zero-order chi connectivity index (χ0) is 26.9. The fourth-order valence-corrected chi connectivity index (χ4v) is 4.87. The second-order valence-corrected chi connectivity index (χ2v) is 9.30. The van der Waals surface area contributed by atoms with Crippen LogP contribution in [0.15, 0.2) is 118 Å². The number of allylic oxidation sites excluding steroid dienone is 2. The van der Waals surface area contributed by atoms with E-state index >= 15 is 0 Å². The number of aliphatic hydroxyl groups is 1. The Labute approximate surface area is 244 Å². The summed E-state index contributed by atoms with van der Waals surface area (Å²) in [6.07, 6.45) is 3.01.